The molecule has 0 saturated carbocycles. The highest BCUT2D eigenvalue weighted by Gasteiger charge is 2.13. The Morgan fingerprint density at radius 3 is 2.46 bits per heavy atom. The Morgan fingerprint density at radius 1 is 1.08 bits per heavy atom. The van der Waals surface area contributed by atoms with E-state index in [1.807, 2.05) is 0 Å². The molecule has 0 aliphatic carbocycles. The topological polar surface area (TPSA) is 49.3 Å². The van der Waals surface area contributed by atoms with Crippen molar-refractivity contribution in [1.82, 2.24) is 5.32 Å². The minimum Gasteiger partial charge on any atom is -0.383 e. The lowest BCUT2D eigenvalue weighted by Gasteiger charge is -2.09. The summed E-state index contributed by atoms with van der Waals surface area (Å²) >= 11 is 0. The minimum absolute atomic E-state index is 0.193. The Bertz CT molecular complexity index is 159. The predicted octanol–water partition coefficient (Wildman–Crippen LogP) is 1.21. The Morgan fingerprint density at radius 2 is 1.69 bits per heavy atom. The van der Waals surface area contributed by atoms with Gasteiger partial charge in [-0.25, -0.2) is 0 Å². The second-order valence-corrected chi connectivity index (χ2v) is 3.72. The fourth-order valence-electron chi connectivity index (χ4n) is 1.63. The third-order valence-electron chi connectivity index (χ3n) is 2.51. The fourth-order valence-corrected chi connectivity index (χ4v) is 1.63. The lowest BCUT2D eigenvalue weighted by Crippen LogP contribution is -2.34. The van der Waals surface area contributed by atoms with Crippen molar-refractivity contribution in [2.75, 3.05) is 6.54 Å². The number of hydrogen-bond donors (Lipinski definition) is 2. The molecule has 13 heavy (non-hydrogen) atoms. The van der Waals surface area contributed by atoms with E-state index in [0.717, 1.165) is 25.8 Å². The first-order chi connectivity index (χ1) is 6.30. The molecule has 1 saturated heterocycles. The maximum absolute atomic E-state index is 11.2. The van der Waals surface area contributed by atoms with Gasteiger partial charge in [-0.05, 0) is 12.8 Å². The summed E-state index contributed by atoms with van der Waals surface area (Å²) in [7, 11) is 0. The molecule has 0 bridgehead atoms. The average Bonchev–Trinajstić information content (AvgIpc) is 2.16. The van der Waals surface area contributed by atoms with E-state index in [2.05, 4.69) is 5.32 Å². The molecule has 1 amide bonds. The number of carbonyl (C=O) groups is 1. The van der Waals surface area contributed by atoms with E-state index >= 15 is 0 Å². The van der Waals surface area contributed by atoms with Crippen molar-refractivity contribution in [3.63, 3.8) is 0 Å². The van der Waals surface area contributed by atoms with E-state index in [1.54, 1.807) is 0 Å². The number of aliphatic hydroxyl groups excluding tert-OH is 1. The van der Waals surface area contributed by atoms with Crippen molar-refractivity contribution in [2.24, 2.45) is 0 Å². The molecular weight excluding hydrogens is 166 g/mol. The van der Waals surface area contributed by atoms with Crippen LogP contribution in [0.3, 0.4) is 0 Å². The maximum Gasteiger partial charge on any atom is 0.248 e. The van der Waals surface area contributed by atoms with Crippen molar-refractivity contribution in [3.05, 3.63) is 0 Å². The lowest BCUT2D eigenvalue weighted by molar-refractivity contribution is -0.129. The average molecular weight is 185 g/mol. The molecule has 0 spiro atoms. The summed E-state index contributed by atoms with van der Waals surface area (Å²) in [5, 5.41) is 12.1. The predicted molar refractivity (Wildman–Crippen MR) is 51.3 cm³/mol. The first-order valence-corrected chi connectivity index (χ1v) is 5.26. The van der Waals surface area contributed by atoms with Gasteiger partial charge in [-0.2, -0.15) is 0 Å². The van der Waals surface area contributed by atoms with Gasteiger partial charge in [-0.15, -0.1) is 0 Å². The highest BCUT2D eigenvalue weighted by Crippen LogP contribution is 2.10. The molecule has 0 aromatic rings. The Balaban J connectivity index is 2.31. The third kappa shape index (κ3) is 4.27. The fraction of sp³-hybridized carbons (Fsp3) is 0.900. The second-order valence-electron chi connectivity index (χ2n) is 3.72. The van der Waals surface area contributed by atoms with Gasteiger partial charge in [0.1, 0.15) is 6.10 Å². The van der Waals surface area contributed by atoms with Crippen LogP contribution in [0.5, 0.6) is 0 Å². The number of nitrogens with one attached hydrogen (secondary N) is 1. The van der Waals surface area contributed by atoms with Gasteiger partial charge in [-0.3, -0.25) is 4.79 Å². The molecule has 3 nitrogen and oxygen atoms in total. The smallest absolute Gasteiger partial charge is 0.248 e. The maximum atomic E-state index is 11.2. The van der Waals surface area contributed by atoms with E-state index < -0.39 is 6.10 Å². The second kappa shape index (κ2) is 5.97. The van der Waals surface area contributed by atoms with Crippen LogP contribution in [-0.4, -0.2) is 23.7 Å². The minimum atomic E-state index is -0.780. The number of hydrogen-bond acceptors (Lipinski definition) is 2. The summed E-state index contributed by atoms with van der Waals surface area (Å²) in [4.78, 5) is 11.2. The first-order valence-electron chi connectivity index (χ1n) is 5.26. The van der Waals surface area contributed by atoms with E-state index in [4.69, 9.17) is 0 Å². The van der Waals surface area contributed by atoms with Crippen LogP contribution in [0, 0.1) is 0 Å². The Kier molecular flexibility index (Phi) is 4.83. The van der Waals surface area contributed by atoms with Gasteiger partial charge in [0, 0.05) is 6.54 Å². The number of rotatable bonds is 0. The molecule has 2 N–H and O–H groups in total. The molecule has 1 unspecified atom stereocenters. The monoisotopic (exact) mass is 185 g/mol. The van der Waals surface area contributed by atoms with Crippen molar-refractivity contribution in [2.45, 2.75) is 51.0 Å². The van der Waals surface area contributed by atoms with Crippen LogP contribution in [0.25, 0.3) is 0 Å². The van der Waals surface area contributed by atoms with E-state index in [1.165, 1.54) is 19.3 Å². The molecule has 0 radical (unpaired) electrons. The zero-order valence-corrected chi connectivity index (χ0v) is 8.09. The first kappa shape index (κ1) is 10.5. The zero-order valence-electron chi connectivity index (χ0n) is 8.09. The molecule has 1 rings (SSSR count). The Labute approximate surface area is 79.5 Å². The van der Waals surface area contributed by atoms with Crippen LogP contribution < -0.4 is 5.32 Å². The molecule has 1 aliphatic heterocycles. The van der Waals surface area contributed by atoms with Crippen molar-refractivity contribution in [3.8, 4) is 0 Å². The zero-order chi connectivity index (χ0) is 9.52. The van der Waals surface area contributed by atoms with E-state index in [0.29, 0.717) is 6.42 Å². The highest BCUT2D eigenvalue weighted by atomic mass is 16.3. The summed E-state index contributed by atoms with van der Waals surface area (Å²) in [6.07, 6.45) is 6.67. The number of amides is 1. The molecule has 1 aliphatic rings. The van der Waals surface area contributed by atoms with Crippen molar-refractivity contribution >= 4 is 5.91 Å². The summed E-state index contributed by atoms with van der Waals surface area (Å²) < 4.78 is 0. The largest absolute Gasteiger partial charge is 0.383 e. The van der Waals surface area contributed by atoms with Gasteiger partial charge < -0.3 is 10.4 Å². The van der Waals surface area contributed by atoms with Gasteiger partial charge >= 0.3 is 0 Å². The SMILES string of the molecule is O=C1NCCCCCCCCC1O. The van der Waals surface area contributed by atoms with Crippen molar-refractivity contribution < 1.29 is 9.90 Å². The summed E-state index contributed by atoms with van der Waals surface area (Å²) in [6, 6.07) is 0. The van der Waals surface area contributed by atoms with Crippen LogP contribution in [0.1, 0.15) is 44.9 Å². The summed E-state index contributed by atoms with van der Waals surface area (Å²) in [5.74, 6) is -0.193. The molecule has 1 atom stereocenters. The standard InChI is InChI=1S/C10H19NO2/c12-9-7-5-3-1-2-4-6-8-11-10(9)13/h9,12H,1-8H2,(H,11,13). The van der Waals surface area contributed by atoms with Crippen LogP contribution >= 0.6 is 0 Å². The molecule has 0 aromatic heterocycles. The molecule has 1 heterocycles. The van der Waals surface area contributed by atoms with Crippen LogP contribution in [0.15, 0.2) is 0 Å². The van der Waals surface area contributed by atoms with Gasteiger partial charge in [0.2, 0.25) is 5.91 Å². The normalized spacial score (nSPS) is 27.5. The third-order valence-corrected chi connectivity index (χ3v) is 2.51. The van der Waals surface area contributed by atoms with Crippen molar-refractivity contribution in [1.29, 1.82) is 0 Å². The summed E-state index contributed by atoms with van der Waals surface area (Å²) in [5.41, 5.74) is 0. The number of aliphatic hydroxyl groups is 1. The number of carbonyl (C=O) groups excluding carboxylic acids is 1. The quantitative estimate of drug-likeness (QED) is 0.596. The lowest BCUT2D eigenvalue weighted by atomic mass is 10.1. The van der Waals surface area contributed by atoms with Crippen LogP contribution in [0.2, 0.25) is 0 Å². The van der Waals surface area contributed by atoms with Gasteiger partial charge in [0.15, 0.2) is 0 Å². The molecule has 76 valence electrons. The van der Waals surface area contributed by atoms with Gasteiger partial charge in [-0.1, -0.05) is 32.1 Å². The van der Waals surface area contributed by atoms with Gasteiger partial charge in [0.05, 0.1) is 0 Å². The van der Waals surface area contributed by atoms with Crippen LogP contribution in [-0.2, 0) is 4.79 Å². The van der Waals surface area contributed by atoms with E-state index in [-0.39, 0.29) is 5.91 Å². The van der Waals surface area contributed by atoms with Gasteiger partial charge in [0.25, 0.3) is 0 Å². The van der Waals surface area contributed by atoms with E-state index in [9.17, 15) is 9.90 Å². The highest BCUT2D eigenvalue weighted by molar-refractivity contribution is 5.80. The molecule has 1 fully saturated rings. The molecule has 0 aromatic carbocycles. The Hall–Kier alpha value is -0.570. The molecular formula is C10H19NO2. The summed E-state index contributed by atoms with van der Waals surface area (Å²) in [6.45, 7) is 0.718. The van der Waals surface area contributed by atoms with Crippen LogP contribution in [0.4, 0.5) is 0 Å². The molecule has 3 heteroatoms.